The van der Waals surface area contributed by atoms with Crippen molar-refractivity contribution in [3.05, 3.63) is 0 Å². The summed E-state index contributed by atoms with van der Waals surface area (Å²) >= 11 is 0. The highest BCUT2D eigenvalue weighted by Crippen LogP contribution is 2.19. The summed E-state index contributed by atoms with van der Waals surface area (Å²) in [6, 6.07) is 6.77. The van der Waals surface area contributed by atoms with E-state index in [1.165, 1.54) is 142 Å². The second-order valence-corrected chi connectivity index (χ2v) is 20.7. The molecule has 5 heterocycles. The molecule has 7 rings (SSSR count). The Balaban J connectivity index is 0.000000350. The zero-order valence-corrected chi connectivity index (χ0v) is 43.1. The van der Waals surface area contributed by atoms with Crippen LogP contribution >= 0.6 is 0 Å². The molecule has 0 aromatic heterocycles. The number of piperazine rings is 1. The largest absolute Gasteiger partial charge is 0.379 e. The predicted octanol–water partition coefficient (Wildman–Crippen LogP) is 9.35. The van der Waals surface area contributed by atoms with Gasteiger partial charge in [-0.1, -0.05) is 59.8 Å². The summed E-state index contributed by atoms with van der Waals surface area (Å²) < 4.78 is 5.21. The molecule has 0 bridgehead atoms. The van der Waals surface area contributed by atoms with Gasteiger partial charge in [-0.05, 0) is 166 Å². The van der Waals surface area contributed by atoms with Gasteiger partial charge in [0, 0.05) is 93.6 Å². The van der Waals surface area contributed by atoms with E-state index in [4.69, 9.17) is 4.74 Å². The minimum Gasteiger partial charge on any atom is -0.379 e. The number of likely N-dealkylation sites (tertiary alicyclic amines) is 3. The van der Waals surface area contributed by atoms with Gasteiger partial charge in [-0.15, -0.1) is 0 Å². The highest BCUT2D eigenvalue weighted by atomic mass is 16.5. The van der Waals surface area contributed by atoms with Crippen molar-refractivity contribution >= 4 is 0 Å². The molecule has 0 radical (unpaired) electrons. The predicted molar refractivity (Wildman–Crippen MR) is 266 cm³/mol. The van der Waals surface area contributed by atoms with E-state index in [2.05, 4.69) is 137 Å². The van der Waals surface area contributed by atoms with Crippen LogP contribution in [0, 0.1) is 0 Å². The summed E-state index contributed by atoms with van der Waals surface area (Å²) in [5, 5.41) is 10.4. The van der Waals surface area contributed by atoms with Gasteiger partial charge in [0.25, 0.3) is 0 Å². The first-order valence-corrected chi connectivity index (χ1v) is 26.1. The molecule has 5 aliphatic heterocycles. The monoisotopic (exact) mass is 851 g/mol. The van der Waals surface area contributed by atoms with Crippen LogP contribution in [0.4, 0.5) is 0 Å². The first kappa shape index (κ1) is 57.7. The van der Waals surface area contributed by atoms with Crippen molar-refractivity contribution in [1.29, 1.82) is 0 Å². The maximum absolute atomic E-state index is 5.21. The van der Waals surface area contributed by atoms with E-state index in [-0.39, 0.29) is 0 Å². The Hall–Kier alpha value is -0.360. The molecule has 9 heteroatoms. The van der Waals surface area contributed by atoms with Crippen molar-refractivity contribution in [2.75, 3.05) is 91.8 Å². The van der Waals surface area contributed by atoms with E-state index in [1.54, 1.807) is 0 Å². The Kier molecular flexibility index (Phi) is 34.5. The quantitative estimate of drug-likeness (QED) is 0.211. The van der Waals surface area contributed by atoms with Crippen LogP contribution in [0.2, 0.25) is 0 Å². The zero-order valence-electron chi connectivity index (χ0n) is 43.1. The summed E-state index contributed by atoms with van der Waals surface area (Å²) in [6.45, 7) is 48.3. The first-order valence-electron chi connectivity index (χ1n) is 26.1. The van der Waals surface area contributed by atoms with Gasteiger partial charge >= 0.3 is 0 Å². The van der Waals surface area contributed by atoms with Gasteiger partial charge in [0.2, 0.25) is 0 Å². The van der Waals surface area contributed by atoms with Gasteiger partial charge < -0.3 is 35.4 Å². The van der Waals surface area contributed by atoms with E-state index < -0.39 is 0 Å². The summed E-state index contributed by atoms with van der Waals surface area (Å²) in [5.74, 6) is 0. The summed E-state index contributed by atoms with van der Waals surface area (Å²) in [6.07, 6.45) is 19.9. The van der Waals surface area contributed by atoms with E-state index in [1.807, 2.05) is 0 Å². The first-order chi connectivity index (χ1) is 28.6. The van der Waals surface area contributed by atoms with Crippen molar-refractivity contribution in [3.63, 3.8) is 0 Å². The standard InChI is InChI=1S/3C8H17N.C7H16N2.C7H15NO.C7H15N.C6H13N/c1-8(2)9-6-4-3-5-7-9;2*1-7(2)9-8-5-3-4-6-8;1-7(2)9-5-3-8-4-6-9;1-7(2)8-3-5-9-6-4-8;1-7(2)8-5-3-4-6-8;1-6(2)7-4-3-5-7/h8H,3-7H2,1-2H3;2*7-9H,3-6H2,1-2H3;7-8H,3-6H2,1-2H3;7H,3-6H2,1-2H3;7H,3-6H2,1-2H3;6H,3-5H2,1-2H3. The number of piperidine rings is 1. The van der Waals surface area contributed by atoms with Crippen LogP contribution in [0.15, 0.2) is 0 Å². The fourth-order valence-corrected chi connectivity index (χ4v) is 8.97. The van der Waals surface area contributed by atoms with Gasteiger partial charge in [-0.2, -0.15) is 0 Å². The topological polar surface area (TPSA) is 61.5 Å². The summed E-state index contributed by atoms with van der Waals surface area (Å²) in [4.78, 5) is 12.5. The lowest BCUT2D eigenvalue weighted by atomic mass is 10.1. The molecule has 0 aromatic carbocycles. The molecule has 9 nitrogen and oxygen atoms in total. The Bertz CT molecular complexity index is 832. The number of hydrogen-bond acceptors (Lipinski definition) is 9. The van der Waals surface area contributed by atoms with Gasteiger partial charge in [-0.25, -0.2) is 0 Å². The average Bonchev–Trinajstić information content (AvgIpc) is 4.02. The van der Waals surface area contributed by atoms with Crippen LogP contribution in [-0.4, -0.2) is 171 Å². The third-order valence-corrected chi connectivity index (χ3v) is 13.1. The number of ether oxygens (including phenoxy) is 1. The molecule has 60 heavy (non-hydrogen) atoms. The van der Waals surface area contributed by atoms with E-state index in [0.717, 1.165) is 75.6 Å². The van der Waals surface area contributed by atoms with Crippen molar-refractivity contribution in [3.8, 4) is 0 Å². The van der Waals surface area contributed by atoms with E-state index in [9.17, 15) is 0 Å². The van der Waals surface area contributed by atoms with Gasteiger partial charge in [0.05, 0.1) is 13.2 Å². The normalized spacial score (nSPS) is 22.6. The maximum Gasteiger partial charge on any atom is 0.0594 e. The number of hydrogen-bond donors (Lipinski definition) is 3. The lowest BCUT2D eigenvalue weighted by Crippen LogP contribution is -2.46. The molecule has 5 saturated heterocycles. The SMILES string of the molecule is CC(C)N1CCC1.CC(C)N1CCCC1.CC(C)N1CCCCC1.CC(C)N1CCNCC1.CC(C)N1CCOCC1.CC(C)NC1CCCC1.CC(C)NC1CCCC1. The third-order valence-electron chi connectivity index (χ3n) is 13.1. The zero-order chi connectivity index (χ0) is 44.7. The number of nitrogens with one attached hydrogen (secondary N) is 3. The second-order valence-electron chi connectivity index (χ2n) is 20.7. The molecule has 360 valence electrons. The summed E-state index contributed by atoms with van der Waals surface area (Å²) in [5.41, 5.74) is 0. The molecular weight excluding hydrogens is 741 g/mol. The molecule has 0 atom stereocenters. The van der Waals surface area contributed by atoms with Gasteiger partial charge in [0.1, 0.15) is 0 Å². The molecule has 7 fully saturated rings. The number of rotatable bonds is 9. The Labute approximate surface area is 377 Å². The Morgan fingerprint density at radius 1 is 0.350 bits per heavy atom. The lowest BCUT2D eigenvalue weighted by Gasteiger charge is -2.34. The van der Waals surface area contributed by atoms with Crippen molar-refractivity contribution < 1.29 is 4.74 Å². The average molecular weight is 851 g/mol. The van der Waals surface area contributed by atoms with Crippen LogP contribution in [0.25, 0.3) is 0 Å². The van der Waals surface area contributed by atoms with Crippen LogP contribution in [0.1, 0.15) is 187 Å². The Morgan fingerprint density at radius 2 is 0.633 bits per heavy atom. The molecular formula is C51H110N8O. The molecule has 2 saturated carbocycles. The Morgan fingerprint density at radius 3 is 0.867 bits per heavy atom. The van der Waals surface area contributed by atoms with Crippen LogP contribution in [0.3, 0.4) is 0 Å². The van der Waals surface area contributed by atoms with E-state index >= 15 is 0 Å². The fourth-order valence-electron chi connectivity index (χ4n) is 8.97. The lowest BCUT2D eigenvalue weighted by molar-refractivity contribution is 0.0238. The highest BCUT2D eigenvalue weighted by Gasteiger charge is 2.18. The van der Waals surface area contributed by atoms with Crippen molar-refractivity contribution in [1.82, 2.24) is 40.4 Å². The minimum atomic E-state index is 0.674. The minimum absolute atomic E-state index is 0.674. The third kappa shape index (κ3) is 29.9. The fraction of sp³-hybridized carbons (Fsp3) is 1.00. The van der Waals surface area contributed by atoms with Crippen molar-refractivity contribution in [2.24, 2.45) is 0 Å². The number of nitrogens with zero attached hydrogens (tertiary/aromatic N) is 5. The molecule has 2 aliphatic carbocycles. The molecule has 0 aromatic rings. The van der Waals surface area contributed by atoms with Crippen LogP contribution in [-0.2, 0) is 4.74 Å². The second kappa shape index (κ2) is 35.9. The van der Waals surface area contributed by atoms with Gasteiger partial charge in [0.15, 0.2) is 0 Å². The molecule has 0 unspecified atom stereocenters. The maximum atomic E-state index is 5.21. The van der Waals surface area contributed by atoms with Crippen LogP contribution in [0.5, 0.6) is 0 Å². The van der Waals surface area contributed by atoms with Gasteiger partial charge in [-0.3, -0.25) is 9.80 Å². The highest BCUT2D eigenvalue weighted by molar-refractivity contribution is 4.76. The van der Waals surface area contributed by atoms with Crippen molar-refractivity contribution in [2.45, 2.75) is 241 Å². The summed E-state index contributed by atoms with van der Waals surface area (Å²) in [7, 11) is 0. The van der Waals surface area contributed by atoms with E-state index in [0.29, 0.717) is 18.1 Å². The molecule has 0 amide bonds. The molecule has 3 N–H and O–H groups in total. The molecule has 7 aliphatic rings. The number of morpholine rings is 1. The smallest absolute Gasteiger partial charge is 0.0594 e. The molecule has 0 spiro atoms. The van der Waals surface area contributed by atoms with Crippen LogP contribution < -0.4 is 16.0 Å².